The molecule has 19 heavy (non-hydrogen) atoms. The molecule has 3 nitrogen and oxygen atoms in total. The van der Waals surface area contributed by atoms with Crippen LogP contribution in [-0.4, -0.2) is 36.1 Å². The lowest BCUT2D eigenvalue weighted by molar-refractivity contribution is 0.0860. The summed E-state index contributed by atoms with van der Waals surface area (Å²) in [5, 5.41) is 4.35. The Hall–Kier alpha value is -0.350. The zero-order chi connectivity index (χ0) is 14.0. The molecule has 0 unspecified atom stereocenters. The summed E-state index contributed by atoms with van der Waals surface area (Å²) in [6, 6.07) is 4.09. The average molecular weight is 302 g/mol. The molecule has 0 radical (unpaired) electrons. The SMILES string of the molecule is CC(C)(C)[C@@H](c1ccc(Cl)nc1Cl)N1CCNCC1. The molecule has 0 bridgehead atoms. The van der Waals surface area contributed by atoms with E-state index in [1.54, 1.807) is 0 Å². The first-order chi connectivity index (χ1) is 8.89. The Morgan fingerprint density at radius 3 is 2.37 bits per heavy atom. The molecule has 0 amide bonds. The van der Waals surface area contributed by atoms with Gasteiger partial charge in [-0.25, -0.2) is 4.98 Å². The average Bonchev–Trinajstić information content (AvgIpc) is 2.32. The number of nitrogens with zero attached hydrogens (tertiary/aromatic N) is 2. The van der Waals surface area contributed by atoms with Gasteiger partial charge >= 0.3 is 0 Å². The minimum atomic E-state index is 0.0937. The van der Waals surface area contributed by atoms with Crippen LogP contribution in [0, 0.1) is 5.41 Å². The van der Waals surface area contributed by atoms with Gasteiger partial charge in [-0.3, -0.25) is 4.90 Å². The first-order valence-corrected chi connectivity index (χ1v) is 7.42. The molecule has 106 valence electrons. The highest BCUT2D eigenvalue weighted by Crippen LogP contribution is 2.40. The predicted molar refractivity (Wildman–Crippen MR) is 80.9 cm³/mol. The van der Waals surface area contributed by atoms with Gasteiger partial charge in [0, 0.05) is 37.8 Å². The van der Waals surface area contributed by atoms with Crippen LogP contribution in [0.1, 0.15) is 32.4 Å². The van der Waals surface area contributed by atoms with Crippen LogP contribution in [0.15, 0.2) is 12.1 Å². The molecule has 1 N–H and O–H groups in total. The Morgan fingerprint density at radius 2 is 1.84 bits per heavy atom. The second-order valence-electron chi connectivity index (χ2n) is 6.07. The van der Waals surface area contributed by atoms with E-state index in [2.05, 4.69) is 36.0 Å². The van der Waals surface area contributed by atoms with E-state index in [0.717, 1.165) is 31.7 Å². The smallest absolute Gasteiger partial charge is 0.135 e. The molecule has 1 saturated heterocycles. The van der Waals surface area contributed by atoms with E-state index < -0.39 is 0 Å². The molecular formula is C14H21Cl2N3. The Kier molecular flexibility index (Phi) is 4.72. The number of piperazine rings is 1. The van der Waals surface area contributed by atoms with Gasteiger partial charge in [-0.2, -0.15) is 0 Å². The molecule has 1 atom stereocenters. The second kappa shape index (κ2) is 5.96. The minimum absolute atomic E-state index is 0.0937. The van der Waals surface area contributed by atoms with Gasteiger partial charge < -0.3 is 5.32 Å². The molecule has 2 rings (SSSR count). The molecule has 1 aliphatic heterocycles. The van der Waals surface area contributed by atoms with Crippen LogP contribution in [0.25, 0.3) is 0 Å². The Balaban J connectivity index is 2.36. The molecule has 0 aliphatic carbocycles. The largest absolute Gasteiger partial charge is 0.314 e. The maximum absolute atomic E-state index is 6.31. The topological polar surface area (TPSA) is 28.2 Å². The quantitative estimate of drug-likeness (QED) is 0.849. The molecule has 5 heteroatoms. The van der Waals surface area contributed by atoms with Crippen molar-refractivity contribution in [2.75, 3.05) is 26.2 Å². The van der Waals surface area contributed by atoms with Crippen molar-refractivity contribution in [1.82, 2.24) is 15.2 Å². The number of rotatable bonds is 2. The zero-order valence-corrected chi connectivity index (χ0v) is 13.2. The third-order valence-electron chi connectivity index (χ3n) is 3.48. The van der Waals surface area contributed by atoms with Crippen molar-refractivity contribution in [3.8, 4) is 0 Å². The predicted octanol–water partition coefficient (Wildman–Crippen LogP) is 3.38. The van der Waals surface area contributed by atoms with Crippen LogP contribution in [-0.2, 0) is 0 Å². The minimum Gasteiger partial charge on any atom is -0.314 e. The highest BCUT2D eigenvalue weighted by atomic mass is 35.5. The van der Waals surface area contributed by atoms with Crippen LogP contribution in [0.2, 0.25) is 10.3 Å². The van der Waals surface area contributed by atoms with Crippen LogP contribution in [0.5, 0.6) is 0 Å². The van der Waals surface area contributed by atoms with Gasteiger partial charge in [0.15, 0.2) is 0 Å². The highest BCUT2D eigenvalue weighted by Gasteiger charge is 2.34. The Labute approximate surface area is 125 Å². The summed E-state index contributed by atoms with van der Waals surface area (Å²) in [7, 11) is 0. The van der Waals surface area contributed by atoms with Crippen molar-refractivity contribution in [2.24, 2.45) is 5.41 Å². The first-order valence-electron chi connectivity index (χ1n) is 6.66. The van der Waals surface area contributed by atoms with E-state index >= 15 is 0 Å². The van der Waals surface area contributed by atoms with Crippen molar-refractivity contribution >= 4 is 23.2 Å². The fourth-order valence-electron chi connectivity index (χ4n) is 2.78. The van der Waals surface area contributed by atoms with E-state index in [0.29, 0.717) is 10.3 Å². The monoisotopic (exact) mass is 301 g/mol. The van der Waals surface area contributed by atoms with Crippen molar-refractivity contribution in [2.45, 2.75) is 26.8 Å². The number of aromatic nitrogens is 1. The summed E-state index contributed by atoms with van der Waals surface area (Å²) in [6.07, 6.45) is 0. The third-order valence-corrected chi connectivity index (χ3v) is 3.99. The van der Waals surface area contributed by atoms with Gasteiger partial charge in [-0.1, -0.05) is 50.0 Å². The van der Waals surface area contributed by atoms with Gasteiger partial charge in [-0.15, -0.1) is 0 Å². The van der Waals surface area contributed by atoms with Gasteiger partial charge in [0.05, 0.1) is 0 Å². The molecule has 0 saturated carbocycles. The van der Waals surface area contributed by atoms with E-state index in [-0.39, 0.29) is 11.5 Å². The molecule has 0 aromatic carbocycles. The van der Waals surface area contributed by atoms with E-state index in [1.807, 2.05) is 12.1 Å². The fraction of sp³-hybridized carbons (Fsp3) is 0.643. The summed E-state index contributed by atoms with van der Waals surface area (Å²) in [5.41, 5.74) is 1.16. The van der Waals surface area contributed by atoms with Gasteiger partial charge in [0.1, 0.15) is 10.3 Å². The lowest BCUT2D eigenvalue weighted by atomic mass is 9.81. The van der Waals surface area contributed by atoms with E-state index in [1.165, 1.54) is 0 Å². The van der Waals surface area contributed by atoms with Crippen LogP contribution < -0.4 is 5.32 Å². The number of hydrogen-bond donors (Lipinski definition) is 1. The Morgan fingerprint density at radius 1 is 1.21 bits per heavy atom. The molecule has 1 aromatic rings. The number of halogens is 2. The molecular weight excluding hydrogens is 281 g/mol. The summed E-state index contributed by atoms with van der Waals surface area (Å²) < 4.78 is 0. The van der Waals surface area contributed by atoms with Crippen LogP contribution in [0.4, 0.5) is 0 Å². The summed E-state index contributed by atoms with van der Waals surface area (Å²) in [5.74, 6) is 0. The fourth-order valence-corrected chi connectivity index (χ4v) is 3.23. The van der Waals surface area contributed by atoms with Crippen molar-refractivity contribution in [3.63, 3.8) is 0 Å². The van der Waals surface area contributed by atoms with Gasteiger partial charge in [0.25, 0.3) is 0 Å². The van der Waals surface area contributed by atoms with Crippen LogP contribution >= 0.6 is 23.2 Å². The molecule has 1 aliphatic rings. The van der Waals surface area contributed by atoms with E-state index in [9.17, 15) is 0 Å². The lowest BCUT2D eigenvalue weighted by Gasteiger charge is -2.42. The summed E-state index contributed by atoms with van der Waals surface area (Å²) in [6.45, 7) is 10.8. The highest BCUT2D eigenvalue weighted by molar-refractivity contribution is 6.32. The number of nitrogens with one attached hydrogen (secondary N) is 1. The lowest BCUT2D eigenvalue weighted by Crippen LogP contribution is -2.48. The van der Waals surface area contributed by atoms with Gasteiger partial charge in [-0.05, 0) is 11.5 Å². The maximum atomic E-state index is 6.31. The first kappa shape index (κ1) is 15.0. The third kappa shape index (κ3) is 3.60. The summed E-state index contributed by atoms with van der Waals surface area (Å²) in [4.78, 5) is 6.67. The van der Waals surface area contributed by atoms with E-state index in [4.69, 9.17) is 23.2 Å². The maximum Gasteiger partial charge on any atom is 0.135 e. The van der Waals surface area contributed by atoms with Crippen molar-refractivity contribution in [3.05, 3.63) is 28.0 Å². The van der Waals surface area contributed by atoms with Crippen LogP contribution in [0.3, 0.4) is 0 Å². The standard InChI is InChI=1S/C14H21Cl2N3/c1-14(2,3)12(19-8-6-17-7-9-19)10-4-5-11(15)18-13(10)16/h4-5,12,17H,6-9H2,1-3H3/t12-/m1/s1. The molecule has 2 heterocycles. The molecule has 1 aromatic heterocycles. The van der Waals surface area contributed by atoms with Gasteiger partial charge in [0.2, 0.25) is 0 Å². The van der Waals surface area contributed by atoms with Crippen molar-refractivity contribution < 1.29 is 0 Å². The number of pyridine rings is 1. The molecule has 1 fully saturated rings. The second-order valence-corrected chi connectivity index (χ2v) is 6.81. The molecule has 0 spiro atoms. The Bertz CT molecular complexity index is 437. The summed E-state index contributed by atoms with van der Waals surface area (Å²) >= 11 is 12.2. The number of hydrogen-bond acceptors (Lipinski definition) is 3. The zero-order valence-electron chi connectivity index (χ0n) is 11.7. The van der Waals surface area contributed by atoms with Crippen molar-refractivity contribution in [1.29, 1.82) is 0 Å². The normalized spacial score (nSPS) is 19.4.